The van der Waals surface area contributed by atoms with Crippen molar-refractivity contribution in [1.82, 2.24) is 9.71 Å². The lowest BCUT2D eigenvalue weighted by Crippen LogP contribution is -2.26. The molecular weight excluding hydrogens is 384 g/mol. The Morgan fingerprint density at radius 3 is 2.07 bits per heavy atom. The van der Waals surface area contributed by atoms with Crippen molar-refractivity contribution in [2.75, 3.05) is 6.54 Å². The van der Waals surface area contributed by atoms with Crippen LogP contribution < -0.4 is 4.72 Å². The van der Waals surface area contributed by atoms with E-state index in [-0.39, 0.29) is 21.2 Å². The second kappa shape index (κ2) is 7.99. The standard InChI is InChI=1S/C19H18N2O4S2/c22-26(23,17-5-2-1-3-6-17)18-7-4-8-19(15-18)27(24,25)21-14-11-16-9-12-20-13-10-16/h1-10,12-13,15,21H,11,14H2. The Morgan fingerprint density at radius 2 is 1.37 bits per heavy atom. The van der Waals surface area contributed by atoms with Crippen molar-refractivity contribution in [1.29, 1.82) is 0 Å². The molecule has 8 heteroatoms. The molecule has 1 N–H and O–H groups in total. The maximum Gasteiger partial charge on any atom is 0.240 e. The SMILES string of the molecule is O=S(=O)(NCCc1ccncc1)c1cccc(S(=O)(=O)c2ccccc2)c1. The Kier molecular flexibility index (Phi) is 5.69. The third-order valence-corrected chi connectivity index (χ3v) is 7.16. The number of hydrogen-bond acceptors (Lipinski definition) is 5. The Balaban J connectivity index is 1.80. The van der Waals surface area contributed by atoms with Gasteiger partial charge < -0.3 is 0 Å². The van der Waals surface area contributed by atoms with Crippen molar-refractivity contribution in [3.05, 3.63) is 84.7 Å². The second-order valence-corrected chi connectivity index (χ2v) is 9.51. The molecule has 6 nitrogen and oxygen atoms in total. The van der Waals surface area contributed by atoms with E-state index < -0.39 is 19.9 Å². The van der Waals surface area contributed by atoms with E-state index in [1.165, 1.54) is 36.4 Å². The van der Waals surface area contributed by atoms with Gasteiger partial charge in [-0.2, -0.15) is 0 Å². The molecule has 0 aliphatic carbocycles. The van der Waals surface area contributed by atoms with E-state index in [9.17, 15) is 16.8 Å². The highest BCUT2D eigenvalue weighted by Gasteiger charge is 2.21. The van der Waals surface area contributed by atoms with Crippen LogP contribution in [0, 0.1) is 0 Å². The van der Waals surface area contributed by atoms with E-state index in [4.69, 9.17) is 0 Å². The van der Waals surface area contributed by atoms with Crippen LogP contribution in [0.15, 0.2) is 93.8 Å². The highest BCUT2D eigenvalue weighted by molar-refractivity contribution is 7.91. The van der Waals surface area contributed by atoms with Crippen LogP contribution in [0.3, 0.4) is 0 Å². The molecule has 0 bridgehead atoms. The van der Waals surface area contributed by atoms with Crippen LogP contribution >= 0.6 is 0 Å². The van der Waals surface area contributed by atoms with Gasteiger partial charge in [0.05, 0.1) is 14.7 Å². The van der Waals surface area contributed by atoms with E-state index in [2.05, 4.69) is 9.71 Å². The molecular formula is C19H18N2O4S2. The molecule has 1 heterocycles. The monoisotopic (exact) mass is 402 g/mol. The van der Waals surface area contributed by atoms with Crippen LogP contribution in [0.2, 0.25) is 0 Å². The van der Waals surface area contributed by atoms with Crippen LogP contribution in [0.4, 0.5) is 0 Å². The lowest BCUT2D eigenvalue weighted by atomic mass is 10.2. The minimum Gasteiger partial charge on any atom is -0.265 e. The van der Waals surface area contributed by atoms with Crippen molar-refractivity contribution in [3.8, 4) is 0 Å². The summed E-state index contributed by atoms with van der Waals surface area (Å²) in [4.78, 5) is 3.88. The van der Waals surface area contributed by atoms with E-state index in [1.54, 1.807) is 42.7 Å². The number of benzene rings is 2. The second-order valence-electron chi connectivity index (χ2n) is 5.79. The first-order valence-corrected chi connectivity index (χ1v) is 11.1. The summed E-state index contributed by atoms with van der Waals surface area (Å²) < 4.78 is 52.9. The lowest BCUT2D eigenvalue weighted by molar-refractivity contribution is 0.581. The van der Waals surface area contributed by atoms with Gasteiger partial charge in [-0.1, -0.05) is 24.3 Å². The maximum absolute atomic E-state index is 12.7. The molecule has 0 unspecified atom stereocenters. The number of hydrogen-bond donors (Lipinski definition) is 1. The van der Waals surface area contributed by atoms with Gasteiger partial charge in [-0.15, -0.1) is 0 Å². The normalized spacial score (nSPS) is 12.0. The topological polar surface area (TPSA) is 93.2 Å². The summed E-state index contributed by atoms with van der Waals surface area (Å²) in [5, 5.41) is 0. The molecule has 3 rings (SSSR count). The van der Waals surface area contributed by atoms with Crippen molar-refractivity contribution in [2.24, 2.45) is 0 Å². The molecule has 0 amide bonds. The first-order chi connectivity index (χ1) is 12.9. The Hall–Kier alpha value is -2.55. The fourth-order valence-corrected chi connectivity index (χ4v) is 4.99. The predicted octanol–water partition coefficient (Wildman–Crippen LogP) is 2.44. The quantitative estimate of drug-likeness (QED) is 0.655. The molecule has 3 aromatic rings. The van der Waals surface area contributed by atoms with Gasteiger partial charge >= 0.3 is 0 Å². The van der Waals surface area contributed by atoms with Crippen molar-refractivity contribution in [3.63, 3.8) is 0 Å². The summed E-state index contributed by atoms with van der Waals surface area (Å²) in [6.45, 7) is 0.196. The molecule has 0 aliphatic heterocycles. The molecule has 2 aromatic carbocycles. The zero-order valence-corrected chi connectivity index (χ0v) is 15.9. The molecule has 140 valence electrons. The zero-order valence-electron chi connectivity index (χ0n) is 14.3. The third kappa shape index (κ3) is 4.60. The molecule has 0 fully saturated rings. The zero-order chi connectivity index (χ0) is 19.3. The number of nitrogens with one attached hydrogen (secondary N) is 1. The van der Waals surface area contributed by atoms with Crippen LogP contribution in [0.1, 0.15) is 5.56 Å². The van der Waals surface area contributed by atoms with Gasteiger partial charge in [-0.05, 0) is 54.4 Å². The summed E-state index contributed by atoms with van der Waals surface area (Å²) in [5.74, 6) is 0. The number of nitrogens with zero attached hydrogens (tertiary/aromatic N) is 1. The number of rotatable bonds is 7. The van der Waals surface area contributed by atoms with Crippen LogP contribution in [-0.4, -0.2) is 28.4 Å². The Bertz CT molecular complexity index is 1110. The minimum atomic E-state index is -3.83. The van der Waals surface area contributed by atoms with Crippen molar-refractivity contribution in [2.45, 2.75) is 21.1 Å². The molecule has 0 aliphatic rings. The van der Waals surface area contributed by atoms with Gasteiger partial charge in [0.25, 0.3) is 0 Å². The fraction of sp³-hybridized carbons (Fsp3) is 0.105. The molecule has 1 aromatic heterocycles. The molecule has 27 heavy (non-hydrogen) atoms. The molecule has 0 spiro atoms. The maximum atomic E-state index is 12.7. The highest BCUT2D eigenvalue weighted by atomic mass is 32.2. The Morgan fingerprint density at radius 1 is 0.741 bits per heavy atom. The van der Waals surface area contributed by atoms with E-state index in [0.717, 1.165) is 5.56 Å². The average Bonchev–Trinajstić information content (AvgIpc) is 2.69. The summed E-state index contributed by atoms with van der Waals surface area (Å²) in [7, 11) is -7.61. The molecule has 0 radical (unpaired) electrons. The minimum absolute atomic E-state index is 0.0642. The van der Waals surface area contributed by atoms with Crippen molar-refractivity contribution < 1.29 is 16.8 Å². The molecule has 0 saturated carbocycles. The van der Waals surface area contributed by atoms with Gasteiger partial charge in [0.1, 0.15) is 0 Å². The molecule has 0 saturated heterocycles. The van der Waals surface area contributed by atoms with E-state index in [0.29, 0.717) is 6.42 Å². The summed E-state index contributed by atoms with van der Waals surface area (Å²) >= 11 is 0. The fourth-order valence-electron chi connectivity index (χ4n) is 2.51. The number of pyridine rings is 1. The lowest BCUT2D eigenvalue weighted by Gasteiger charge is -2.09. The van der Waals surface area contributed by atoms with E-state index in [1.807, 2.05) is 0 Å². The van der Waals surface area contributed by atoms with Gasteiger partial charge in [0.2, 0.25) is 19.9 Å². The Labute approximate surface area is 158 Å². The summed E-state index contributed by atoms with van der Waals surface area (Å²) in [6.07, 6.45) is 3.78. The van der Waals surface area contributed by atoms with E-state index >= 15 is 0 Å². The number of sulfone groups is 1. The predicted molar refractivity (Wildman–Crippen MR) is 101 cm³/mol. The largest absolute Gasteiger partial charge is 0.265 e. The summed E-state index contributed by atoms with van der Waals surface area (Å²) in [6, 6.07) is 16.9. The first-order valence-electron chi connectivity index (χ1n) is 8.18. The van der Waals surface area contributed by atoms with Gasteiger partial charge in [0, 0.05) is 18.9 Å². The van der Waals surface area contributed by atoms with Crippen LogP contribution in [-0.2, 0) is 26.3 Å². The van der Waals surface area contributed by atoms with Crippen LogP contribution in [0.25, 0.3) is 0 Å². The number of sulfonamides is 1. The number of aromatic nitrogens is 1. The van der Waals surface area contributed by atoms with Gasteiger partial charge in [-0.25, -0.2) is 21.6 Å². The third-order valence-electron chi connectivity index (χ3n) is 3.93. The van der Waals surface area contributed by atoms with Gasteiger partial charge in [-0.3, -0.25) is 4.98 Å². The summed E-state index contributed by atoms with van der Waals surface area (Å²) in [5.41, 5.74) is 0.952. The van der Waals surface area contributed by atoms with Gasteiger partial charge in [0.15, 0.2) is 0 Å². The molecule has 0 atom stereocenters. The smallest absolute Gasteiger partial charge is 0.240 e. The van der Waals surface area contributed by atoms with Crippen LogP contribution in [0.5, 0.6) is 0 Å². The van der Waals surface area contributed by atoms with Crippen molar-refractivity contribution >= 4 is 19.9 Å². The highest BCUT2D eigenvalue weighted by Crippen LogP contribution is 2.23. The first kappa shape index (κ1) is 19.2. The average molecular weight is 402 g/mol.